The monoisotopic (exact) mass is 355 g/mol. The first-order chi connectivity index (χ1) is 12.5. The zero-order valence-corrected chi connectivity index (χ0v) is 15.9. The van der Waals surface area contributed by atoms with E-state index < -0.39 is 0 Å². The first-order valence-electron chi connectivity index (χ1n) is 9.81. The summed E-state index contributed by atoms with van der Waals surface area (Å²) in [7, 11) is 3.62. The summed E-state index contributed by atoms with van der Waals surface area (Å²) in [5.74, 6) is 0.290. The van der Waals surface area contributed by atoms with Crippen molar-refractivity contribution in [2.24, 2.45) is 5.41 Å². The third kappa shape index (κ3) is 3.19. The lowest BCUT2D eigenvalue weighted by atomic mass is 9.67. The van der Waals surface area contributed by atoms with Gasteiger partial charge >= 0.3 is 6.03 Å². The molecule has 3 aliphatic rings. The normalized spacial score (nSPS) is 25.5. The van der Waals surface area contributed by atoms with Crippen LogP contribution in [0.4, 0.5) is 4.79 Å². The summed E-state index contributed by atoms with van der Waals surface area (Å²) in [6.07, 6.45) is 5.20. The van der Waals surface area contributed by atoms with Crippen LogP contribution in [0.15, 0.2) is 30.3 Å². The van der Waals surface area contributed by atoms with Crippen molar-refractivity contribution in [1.82, 2.24) is 14.7 Å². The Kier molecular flexibility index (Phi) is 4.41. The Morgan fingerprint density at radius 3 is 2.35 bits per heavy atom. The summed E-state index contributed by atoms with van der Waals surface area (Å²) in [4.78, 5) is 31.2. The molecule has 5 heteroatoms. The number of hydrogen-bond donors (Lipinski definition) is 0. The number of rotatable bonds is 2. The van der Waals surface area contributed by atoms with E-state index in [1.807, 2.05) is 37.2 Å². The Morgan fingerprint density at radius 1 is 1.12 bits per heavy atom. The van der Waals surface area contributed by atoms with E-state index in [1.165, 1.54) is 0 Å². The number of urea groups is 1. The van der Waals surface area contributed by atoms with Crippen molar-refractivity contribution in [2.75, 3.05) is 33.7 Å². The average molecular weight is 355 g/mol. The summed E-state index contributed by atoms with van der Waals surface area (Å²) >= 11 is 0. The molecule has 1 aromatic carbocycles. The number of carbonyl (C=O) groups excluding carboxylic acids is 2. The van der Waals surface area contributed by atoms with Gasteiger partial charge in [0.1, 0.15) is 0 Å². The van der Waals surface area contributed by atoms with E-state index >= 15 is 0 Å². The maximum atomic E-state index is 13.1. The summed E-state index contributed by atoms with van der Waals surface area (Å²) in [5, 5.41) is 0. The molecule has 2 aliphatic heterocycles. The zero-order valence-electron chi connectivity index (χ0n) is 15.9. The Morgan fingerprint density at radius 2 is 1.77 bits per heavy atom. The molecule has 1 aliphatic carbocycles. The van der Waals surface area contributed by atoms with E-state index in [9.17, 15) is 9.59 Å². The largest absolute Gasteiger partial charge is 0.339 e. The topological polar surface area (TPSA) is 43.9 Å². The number of piperidine rings is 2. The second-order valence-electron chi connectivity index (χ2n) is 8.53. The molecule has 0 bridgehead atoms. The molecule has 3 fully saturated rings. The van der Waals surface area contributed by atoms with Crippen LogP contribution >= 0.6 is 0 Å². The molecule has 3 amide bonds. The molecular weight excluding hydrogens is 326 g/mol. The van der Waals surface area contributed by atoms with Crippen molar-refractivity contribution in [3.05, 3.63) is 35.9 Å². The quantitative estimate of drug-likeness (QED) is 0.819. The molecule has 1 atom stereocenters. The van der Waals surface area contributed by atoms with Gasteiger partial charge in [0.25, 0.3) is 0 Å². The van der Waals surface area contributed by atoms with Gasteiger partial charge in [-0.05, 0) is 43.1 Å². The van der Waals surface area contributed by atoms with Crippen molar-refractivity contribution >= 4 is 11.9 Å². The lowest BCUT2D eigenvalue weighted by Gasteiger charge is -2.50. The highest BCUT2D eigenvalue weighted by Crippen LogP contribution is 2.48. The van der Waals surface area contributed by atoms with E-state index in [0.717, 1.165) is 57.3 Å². The van der Waals surface area contributed by atoms with E-state index in [2.05, 4.69) is 17.0 Å². The number of benzene rings is 1. The van der Waals surface area contributed by atoms with E-state index in [-0.39, 0.29) is 17.4 Å². The minimum Gasteiger partial charge on any atom is -0.339 e. The van der Waals surface area contributed by atoms with Gasteiger partial charge in [-0.15, -0.1) is 0 Å². The molecule has 0 aromatic heterocycles. The number of amides is 3. The molecule has 0 N–H and O–H groups in total. The van der Waals surface area contributed by atoms with Gasteiger partial charge in [-0.1, -0.05) is 30.3 Å². The van der Waals surface area contributed by atoms with Crippen LogP contribution in [0.2, 0.25) is 0 Å². The van der Waals surface area contributed by atoms with Crippen molar-refractivity contribution in [3.8, 4) is 0 Å². The van der Waals surface area contributed by atoms with E-state index in [4.69, 9.17) is 0 Å². The molecule has 1 saturated carbocycles. The second-order valence-corrected chi connectivity index (χ2v) is 8.53. The summed E-state index contributed by atoms with van der Waals surface area (Å²) < 4.78 is 0. The minimum absolute atomic E-state index is 0.0262. The molecule has 1 spiro atoms. The van der Waals surface area contributed by atoms with Crippen LogP contribution in [0.3, 0.4) is 0 Å². The first-order valence-corrected chi connectivity index (χ1v) is 9.81. The molecule has 4 rings (SSSR count). The van der Waals surface area contributed by atoms with E-state index in [1.54, 1.807) is 4.90 Å². The molecule has 26 heavy (non-hydrogen) atoms. The fourth-order valence-electron chi connectivity index (χ4n) is 4.68. The van der Waals surface area contributed by atoms with Gasteiger partial charge in [0.2, 0.25) is 5.91 Å². The van der Waals surface area contributed by atoms with Gasteiger partial charge < -0.3 is 14.7 Å². The molecule has 2 saturated heterocycles. The average Bonchev–Trinajstić information content (AvgIpc) is 3.49. The SMILES string of the molecule is CN(C)C(=O)N1CCC2(CC1)C[C@H](c1ccccc1)C(=O)N(C1CC1)C2. The van der Waals surface area contributed by atoms with Crippen molar-refractivity contribution in [2.45, 2.75) is 44.1 Å². The van der Waals surface area contributed by atoms with Crippen molar-refractivity contribution in [3.63, 3.8) is 0 Å². The number of nitrogens with zero attached hydrogens (tertiary/aromatic N) is 3. The number of carbonyl (C=O) groups is 2. The van der Waals surface area contributed by atoms with Gasteiger partial charge in [-0.3, -0.25) is 4.79 Å². The third-order valence-electron chi connectivity index (χ3n) is 6.39. The van der Waals surface area contributed by atoms with Crippen LogP contribution in [-0.4, -0.2) is 66.4 Å². The molecule has 5 nitrogen and oxygen atoms in total. The molecule has 1 aromatic rings. The van der Waals surface area contributed by atoms with Gasteiger partial charge in [-0.25, -0.2) is 4.79 Å². The standard InChI is InChI=1S/C21H29N3O2/c1-22(2)20(26)23-12-10-21(11-13-23)14-18(16-6-4-3-5-7-16)19(25)24(15-21)17-8-9-17/h3-7,17-18H,8-15H2,1-2H3/t18-/m1/s1. The molecule has 2 heterocycles. The number of likely N-dealkylation sites (tertiary alicyclic amines) is 2. The van der Waals surface area contributed by atoms with Crippen LogP contribution < -0.4 is 0 Å². The molecule has 0 radical (unpaired) electrons. The second kappa shape index (κ2) is 6.60. The molecule has 140 valence electrons. The zero-order chi connectivity index (χ0) is 18.3. The van der Waals surface area contributed by atoms with Gasteiger partial charge in [-0.2, -0.15) is 0 Å². The van der Waals surface area contributed by atoms with Crippen LogP contribution in [0.1, 0.15) is 43.6 Å². The van der Waals surface area contributed by atoms with Crippen LogP contribution in [0.25, 0.3) is 0 Å². The molecule has 0 unspecified atom stereocenters. The summed E-state index contributed by atoms with van der Waals surface area (Å²) in [5.41, 5.74) is 1.30. The highest BCUT2D eigenvalue weighted by molar-refractivity contribution is 5.85. The Bertz CT molecular complexity index is 676. The lowest BCUT2D eigenvalue weighted by molar-refractivity contribution is -0.142. The maximum Gasteiger partial charge on any atom is 0.319 e. The predicted molar refractivity (Wildman–Crippen MR) is 101 cm³/mol. The maximum absolute atomic E-state index is 13.1. The van der Waals surface area contributed by atoms with Crippen molar-refractivity contribution < 1.29 is 9.59 Å². The fraction of sp³-hybridized carbons (Fsp3) is 0.619. The Hall–Kier alpha value is -2.04. The first kappa shape index (κ1) is 17.4. The molecular formula is C21H29N3O2. The Labute approximate surface area is 155 Å². The predicted octanol–water partition coefficient (Wildman–Crippen LogP) is 2.93. The highest BCUT2D eigenvalue weighted by Gasteiger charge is 2.49. The van der Waals surface area contributed by atoms with Crippen molar-refractivity contribution in [1.29, 1.82) is 0 Å². The van der Waals surface area contributed by atoms with Crippen LogP contribution in [-0.2, 0) is 4.79 Å². The lowest BCUT2D eigenvalue weighted by Crippen LogP contribution is -2.56. The van der Waals surface area contributed by atoms with Gasteiger partial charge in [0, 0.05) is 39.8 Å². The van der Waals surface area contributed by atoms with Gasteiger partial charge in [0.15, 0.2) is 0 Å². The third-order valence-corrected chi connectivity index (χ3v) is 6.39. The summed E-state index contributed by atoms with van der Waals surface area (Å²) in [6, 6.07) is 10.8. The highest BCUT2D eigenvalue weighted by atomic mass is 16.2. The smallest absolute Gasteiger partial charge is 0.319 e. The van der Waals surface area contributed by atoms with Crippen LogP contribution in [0.5, 0.6) is 0 Å². The summed E-state index contributed by atoms with van der Waals surface area (Å²) in [6.45, 7) is 2.47. The number of hydrogen-bond acceptors (Lipinski definition) is 2. The van der Waals surface area contributed by atoms with Crippen LogP contribution in [0, 0.1) is 5.41 Å². The Balaban J connectivity index is 1.55. The van der Waals surface area contributed by atoms with E-state index in [0.29, 0.717) is 11.9 Å². The fourth-order valence-corrected chi connectivity index (χ4v) is 4.68. The van der Waals surface area contributed by atoms with Gasteiger partial charge in [0.05, 0.1) is 5.92 Å². The minimum atomic E-state index is -0.0262.